The fourth-order valence-corrected chi connectivity index (χ4v) is 5.61. The minimum atomic E-state index is -1.53. The molecule has 44 heavy (non-hydrogen) atoms. The topological polar surface area (TPSA) is 135 Å². The summed E-state index contributed by atoms with van der Waals surface area (Å²) >= 11 is 0. The minimum absolute atomic E-state index is 0.107. The molecule has 6 unspecified atom stereocenters. The van der Waals surface area contributed by atoms with Gasteiger partial charge in [-0.25, -0.2) is 0 Å². The van der Waals surface area contributed by atoms with Crippen LogP contribution in [0.2, 0.25) is 0 Å². The molecule has 0 radical (unpaired) electrons. The third-order valence-electron chi connectivity index (χ3n) is 8.52. The van der Waals surface area contributed by atoms with Crippen LogP contribution in [0.3, 0.4) is 0 Å². The van der Waals surface area contributed by atoms with Crippen LogP contribution in [-0.2, 0) is 23.7 Å². The second kappa shape index (κ2) is 28.4. The monoisotopic (exact) mass is 632 g/mol. The lowest BCUT2D eigenvalue weighted by Gasteiger charge is -2.39. The first-order chi connectivity index (χ1) is 21.4. The lowest BCUT2D eigenvalue weighted by atomic mass is 9.99. The number of aliphatic hydroxyl groups is 4. The van der Waals surface area contributed by atoms with Crippen LogP contribution in [0, 0.1) is 0 Å². The number of unbranched alkanes of at least 4 members (excludes halogenated alkanes) is 19. The van der Waals surface area contributed by atoms with Gasteiger partial charge in [0.2, 0.25) is 0 Å². The highest BCUT2D eigenvalue weighted by atomic mass is 16.7. The van der Waals surface area contributed by atoms with Gasteiger partial charge in [0, 0.05) is 13.0 Å². The Bertz CT molecular complexity index is 648. The Morgan fingerprint density at radius 3 is 1.61 bits per heavy atom. The average Bonchev–Trinajstić information content (AvgIpc) is 3.02. The minimum Gasteiger partial charge on any atom is -0.457 e. The van der Waals surface area contributed by atoms with Crippen LogP contribution in [-0.4, -0.2) is 89.6 Å². The van der Waals surface area contributed by atoms with E-state index in [2.05, 4.69) is 13.8 Å². The zero-order valence-corrected chi connectivity index (χ0v) is 28.2. The van der Waals surface area contributed by atoms with E-state index in [4.69, 9.17) is 18.9 Å². The molecule has 0 aromatic rings. The molecule has 1 aliphatic rings. The molecule has 1 aliphatic heterocycles. The summed E-state index contributed by atoms with van der Waals surface area (Å²) in [4.78, 5) is 12.5. The zero-order valence-electron chi connectivity index (χ0n) is 28.2. The van der Waals surface area contributed by atoms with E-state index in [0.717, 1.165) is 32.1 Å². The van der Waals surface area contributed by atoms with Crippen LogP contribution in [0.1, 0.15) is 155 Å². The van der Waals surface area contributed by atoms with Gasteiger partial charge >= 0.3 is 5.97 Å². The molecule has 0 aromatic carbocycles. The van der Waals surface area contributed by atoms with Gasteiger partial charge in [-0.15, -0.1) is 0 Å². The molecule has 0 aliphatic carbocycles. The standard InChI is InChI=1S/C35H68O9/c1-3-5-7-9-11-12-13-14-15-16-17-18-19-21-23-25-41-27-29(43-31(37)24-22-20-10-8-6-4-2)28-42-35-34(40)33(39)32(38)30(26-36)44-35/h29-30,32-36,38-40H,3-28H2,1-2H3. The van der Waals surface area contributed by atoms with Gasteiger partial charge in [0.15, 0.2) is 6.29 Å². The molecule has 9 heteroatoms. The van der Waals surface area contributed by atoms with Gasteiger partial charge in [-0.3, -0.25) is 4.79 Å². The molecule has 0 spiro atoms. The van der Waals surface area contributed by atoms with Crippen molar-refractivity contribution in [2.24, 2.45) is 0 Å². The maximum atomic E-state index is 12.5. The van der Waals surface area contributed by atoms with Crippen LogP contribution in [0.5, 0.6) is 0 Å². The maximum Gasteiger partial charge on any atom is 0.306 e. The van der Waals surface area contributed by atoms with E-state index in [9.17, 15) is 25.2 Å². The van der Waals surface area contributed by atoms with E-state index in [1.807, 2.05) is 0 Å². The molecule has 1 rings (SSSR count). The predicted octanol–water partition coefficient (Wildman–Crippen LogP) is 6.35. The van der Waals surface area contributed by atoms with Crippen LogP contribution in [0.25, 0.3) is 0 Å². The Hall–Kier alpha value is -0.810. The van der Waals surface area contributed by atoms with Crippen molar-refractivity contribution in [2.45, 2.75) is 192 Å². The van der Waals surface area contributed by atoms with Gasteiger partial charge < -0.3 is 39.4 Å². The summed E-state index contributed by atoms with van der Waals surface area (Å²) in [5.41, 5.74) is 0. The first kappa shape index (κ1) is 41.2. The van der Waals surface area contributed by atoms with Crippen molar-refractivity contribution in [3.63, 3.8) is 0 Å². The molecule has 1 saturated heterocycles. The highest BCUT2D eigenvalue weighted by Crippen LogP contribution is 2.22. The van der Waals surface area contributed by atoms with Crippen molar-refractivity contribution in [1.82, 2.24) is 0 Å². The van der Waals surface area contributed by atoms with E-state index >= 15 is 0 Å². The molecular weight excluding hydrogens is 564 g/mol. The van der Waals surface area contributed by atoms with Crippen molar-refractivity contribution in [3.8, 4) is 0 Å². The summed E-state index contributed by atoms with van der Waals surface area (Å²) < 4.78 is 22.6. The second-order valence-electron chi connectivity index (χ2n) is 12.7. The quantitative estimate of drug-likeness (QED) is 0.0527. The summed E-state index contributed by atoms with van der Waals surface area (Å²) in [7, 11) is 0. The van der Waals surface area contributed by atoms with Gasteiger partial charge in [-0.05, 0) is 12.8 Å². The van der Waals surface area contributed by atoms with E-state index in [1.54, 1.807) is 0 Å². The molecule has 9 nitrogen and oxygen atoms in total. The van der Waals surface area contributed by atoms with E-state index < -0.39 is 43.4 Å². The van der Waals surface area contributed by atoms with Crippen LogP contribution >= 0.6 is 0 Å². The Morgan fingerprint density at radius 2 is 1.11 bits per heavy atom. The molecule has 0 amide bonds. The molecule has 0 bridgehead atoms. The van der Waals surface area contributed by atoms with Crippen LogP contribution < -0.4 is 0 Å². The van der Waals surface area contributed by atoms with Crippen molar-refractivity contribution >= 4 is 5.97 Å². The summed E-state index contributed by atoms with van der Waals surface area (Å²) in [5, 5.41) is 39.7. The van der Waals surface area contributed by atoms with Gasteiger partial charge in [0.1, 0.15) is 30.5 Å². The van der Waals surface area contributed by atoms with Gasteiger partial charge in [0.05, 0.1) is 19.8 Å². The number of carbonyl (C=O) groups excluding carboxylic acids is 1. The van der Waals surface area contributed by atoms with Gasteiger partial charge in [-0.2, -0.15) is 0 Å². The molecule has 4 N–H and O–H groups in total. The molecule has 0 aromatic heterocycles. The third-order valence-corrected chi connectivity index (χ3v) is 8.52. The highest BCUT2D eigenvalue weighted by Gasteiger charge is 2.44. The lowest BCUT2D eigenvalue weighted by molar-refractivity contribution is -0.305. The Morgan fingerprint density at radius 1 is 0.636 bits per heavy atom. The number of carbonyl (C=O) groups is 1. The van der Waals surface area contributed by atoms with Crippen molar-refractivity contribution in [1.29, 1.82) is 0 Å². The normalized spacial score (nSPS) is 22.7. The van der Waals surface area contributed by atoms with Gasteiger partial charge in [0.25, 0.3) is 0 Å². The maximum absolute atomic E-state index is 12.5. The smallest absolute Gasteiger partial charge is 0.306 e. The zero-order chi connectivity index (χ0) is 32.3. The molecular formula is C35H68O9. The molecule has 1 heterocycles. The lowest BCUT2D eigenvalue weighted by Crippen LogP contribution is -2.59. The number of rotatable bonds is 30. The Balaban J connectivity index is 2.27. The molecule has 6 atom stereocenters. The summed E-state index contributed by atoms with van der Waals surface area (Å²) in [6.45, 7) is 4.50. The second-order valence-corrected chi connectivity index (χ2v) is 12.7. The van der Waals surface area contributed by atoms with Crippen molar-refractivity contribution < 1.29 is 44.2 Å². The number of hydrogen-bond donors (Lipinski definition) is 4. The molecule has 1 fully saturated rings. The van der Waals surface area contributed by atoms with Crippen molar-refractivity contribution in [3.05, 3.63) is 0 Å². The first-order valence-corrected chi connectivity index (χ1v) is 18.1. The SMILES string of the molecule is CCCCCCCCCCCCCCCCCOCC(COC1OC(CO)C(O)C(O)C1O)OC(=O)CCCCCCCC. The fraction of sp³-hybridized carbons (Fsp3) is 0.971. The van der Waals surface area contributed by atoms with Crippen LogP contribution in [0.4, 0.5) is 0 Å². The number of aliphatic hydroxyl groups excluding tert-OH is 4. The van der Waals surface area contributed by atoms with E-state index in [0.29, 0.717) is 13.0 Å². The predicted molar refractivity (Wildman–Crippen MR) is 173 cm³/mol. The summed E-state index contributed by atoms with van der Waals surface area (Å²) in [5.74, 6) is -0.321. The Labute approximate surface area is 268 Å². The Kier molecular flexibility index (Phi) is 26.6. The number of hydrogen-bond acceptors (Lipinski definition) is 9. The number of esters is 1. The van der Waals surface area contributed by atoms with Crippen molar-refractivity contribution in [2.75, 3.05) is 26.4 Å². The fourth-order valence-electron chi connectivity index (χ4n) is 5.61. The average molecular weight is 633 g/mol. The molecule has 0 saturated carbocycles. The first-order valence-electron chi connectivity index (χ1n) is 18.1. The number of ether oxygens (including phenoxy) is 4. The van der Waals surface area contributed by atoms with E-state index in [-0.39, 0.29) is 19.2 Å². The van der Waals surface area contributed by atoms with Gasteiger partial charge in [-0.1, -0.05) is 136 Å². The summed E-state index contributed by atoms with van der Waals surface area (Å²) in [6.07, 6.45) is 18.7. The summed E-state index contributed by atoms with van der Waals surface area (Å²) in [6, 6.07) is 0. The highest BCUT2D eigenvalue weighted by molar-refractivity contribution is 5.69. The van der Waals surface area contributed by atoms with E-state index in [1.165, 1.54) is 103 Å². The van der Waals surface area contributed by atoms with Crippen LogP contribution in [0.15, 0.2) is 0 Å². The third kappa shape index (κ3) is 20.3. The largest absolute Gasteiger partial charge is 0.457 e. The molecule has 262 valence electrons.